The molecule has 0 aliphatic heterocycles. The van der Waals surface area contributed by atoms with Crippen molar-refractivity contribution in [3.63, 3.8) is 0 Å². The Labute approximate surface area is 269 Å². The number of hydrogen-bond donors (Lipinski definition) is 0. The molecule has 9 aromatic rings. The minimum atomic E-state index is 0.656. The van der Waals surface area contributed by atoms with Gasteiger partial charge in [0, 0.05) is 48.1 Å². The van der Waals surface area contributed by atoms with Crippen molar-refractivity contribution in [3.05, 3.63) is 152 Å². The SMILES string of the molecule is c1ccc(-c2nc(-c3ccccc3)nc(-c3cccc4sc5cc(-c6nc7ccccc7n6-c6ccccc6)ccc5c34)n2)cc1. The summed E-state index contributed by atoms with van der Waals surface area (Å²) in [5, 5.41) is 2.32. The van der Waals surface area contributed by atoms with E-state index < -0.39 is 0 Å². The van der Waals surface area contributed by atoms with Gasteiger partial charge in [0.05, 0.1) is 11.0 Å². The van der Waals surface area contributed by atoms with Crippen molar-refractivity contribution >= 4 is 42.5 Å². The highest BCUT2D eigenvalue weighted by Crippen LogP contribution is 2.41. The first-order valence-electron chi connectivity index (χ1n) is 15.2. The topological polar surface area (TPSA) is 56.5 Å². The van der Waals surface area contributed by atoms with Gasteiger partial charge < -0.3 is 0 Å². The molecule has 0 N–H and O–H groups in total. The van der Waals surface area contributed by atoms with Gasteiger partial charge in [0.15, 0.2) is 17.5 Å². The molecule has 0 saturated heterocycles. The van der Waals surface area contributed by atoms with Crippen molar-refractivity contribution in [2.75, 3.05) is 0 Å². The van der Waals surface area contributed by atoms with Crippen LogP contribution in [0.5, 0.6) is 0 Å². The van der Waals surface area contributed by atoms with Gasteiger partial charge in [-0.05, 0) is 36.4 Å². The molecule has 0 spiro atoms. The Hall–Kier alpha value is -5.98. The average molecular weight is 608 g/mol. The Balaban J connectivity index is 1.24. The number of rotatable bonds is 5. The van der Waals surface area contributed by atoms with Crippen molar-refractivity contribution in [2.24, 2.45) is 0 Å². The van der Waals surface area contributed by atoms with Gasteiger partial charge >= 0.3 is 0 Å². The Morgan fingerprint density at radius 3 is 1.80 bits per heavy atom. The van der Waals surface area contributed by atoms with Gasteiger partial charge in [-0.15, -0.1) is 11.3 Å². The van der Waals surface area contributed by atoms with E-state index >= 15 is 0 Å². The number of hydrogen-bond acceptors (Lipinski definition) is 5. The maximum Gasteiger partial charge on any atom is 0.164 e. The molecular formula is C40H25N5S. The van der Waals surface area contributed by atoms with Crippen LogP contribution in [0.4, 0.5) is 0 Å². The summed E-state index contributed by atoms with van der Waals surface area (Å²) < 4.78 is 4.62. The second-order valence-electron chi connectivity index (χ2n) is 11.1. The molecule has 0 unspecified atom stereocenters. The van der Waals surface area contributed by atoms with Crippen LogP contribution in [0, 0.1) is 0 Å². The van der Waals surface area contributed by atoms with E-state index in [1.54, 1.807) is 11.3 Å². The van der Waals surface area contributed by atoms with E-state index in [4.69, 9.17) is 19.9 Å². The predicted octanol–water partition coefficient (Wildman–Crippen LogP) is 10.2. The fourth-order valence-electron chi connectivity index (χ4n) is 6.14. The van der Waals surface area contributed by atoms with E-state index in [-0.39, 0.29) is 0 Å². The largest absolute Gasteiger partial charge is 0.292 e. The van der Waals surface area contributed by atoms with Gasteiger partial charge in [0.1, 0.15) is 5.82 Å². The number of imidazole rings is 1. The molecule has 9 rings (SSSR count). The van der Waals surface area contributed by atoms with Crippen molar-refractivity contribution in [1.29, 1.82) is 0 Å². The molecule has 0 atom stereocenters. The van der Waals surface area contributed by atoms with Crippen molar-refractivity contribution in [1.82, 2.24) is 24.5 Å². The van der Waals surface area contributed by atoms with Crippen LogP contribution in [0.15, 0.2) is 152 Å². The van der Waals surface area contributed by atoms with E-state index in [9.17, 15) is 0 Å². The molecular weight excluding hydrogens is 583 g/mol. The van der Waals surface area contributed by atoms with E-state index in [1.807, 2.05) is 72.8 Å². The van der Waals surface area contributed by atoms with Crippen LogP contribution < -0.4 is 0 Å². The Morgan fingerprint density at radius 2 is 1.09 bits per heavy atom. The first-order valence-corrected chi connectivity index (χ1v) is 16.0. The van der Waals surface area contributed by atoms with Crippen LogP contribution in [0.1, 0.15) is 0 Å². The lowest BCUT2D eigenvalue weighted by Crippen LogP contribution is -2.00. The summed E-state index contributed by atoms with van der Waals surface area (Å²) in [4.78, 5) is 20.1. The highest BCUT2D eigenvalue weighted by atomic mass is 32.1. The number of aromatic nitrogens is 5. The van der Waals surface area contributed by atoms with Crippen LogP contribution in [-0.4, -0.2) is 24.5 Å². The van der Waals surface area contributed by atoms with Crippen LogP contribution in [0.25, 0.3) is 82.4 Å². The summed E-state index contributed by atoms with van der Waals surface area (Å²) in [6.07, 6.45) is 0. The number of fused-ring (bicyclic) bond motifs is 4. The van der Waals surface area contributed by atoms with Gasteiger partial charge in [-0.1, -0.05) is 115 Å². The van der Waals surface area contributed by atoms with Crippen molar-refractivity contribution in [3.8, 4) is 51.2 Å². The predicted molar refractivity (Wildman–Crippen MR) is 189 cm³/mol. The molecule has 46 heavy (non-hydrogen) atoms. The highest BCUT2D eigenvalue weighted by Gasteiger charge is 2.19. The molecule has 5 nitrogen and oxygen atoms in total. The second kappa shape index (κ2) is 10.9. The Kier molecular flexibility index (Phi) is 6.25. The fourth-order valence-corrected chi connectivity index (χ4v) is 7.31. The van der Waals surface area contributed by atoms with Gasteiger partial charge in [0.2, 0.25) is 0 Å². The molecule has 0 aliphatic rings. The molecule has 0 fully saturated rings. The van der Waals surface area contributed by atoms with E-state index in [1.165, 1.54) is 14.8 Å². The first-order chi connectivity index (χ1) is 22.8. The van der Waals surface area contributed by atoms with Crippen LogP contribution in [0.3, 0.4) is 0 Å². The molecule has 0 aliphatic carbocycles. The number of para-hydroxylation sites is 3. The zero-order valence-corrected chi connectivity index (χ0v) is 25.4. The summed E-state index contributed by atoms with van der Waals surface area (Å²) >= 11 is 1.78. The fraction of sp³-hybridized carbons (Fsp3) is 0. The number of thiophene rings is 1. The van der Waals surface area contributed by atoms with Gasteiger partial charge in [0.25, 0.3) is 0 Å². The Bertz CT molecular complexity index is 2460. The monoisotopic (exact) mass is 607 g/mol. The van der Waals surface area contributed by atoms with Gasteiger partial charge in [-0.3, -0.25) is 4.57 Å². The average Bonchev–Trinajstić information content (AvgIpc) is 3.71. The highest BCUT2D eigenvalue weighted by molar-refractivity contribution is 7.26. The lowest BCUT2D eigenvalue weighted by molar-refractivity contribution is 1.08. The summed E-state index contributed by atoms with van der Waals surface area (Å²) in [6.45, 7) is 0. The molecule has 0 bridgehead atoms. The second-order valence-corrected chi connectivity index (χ2v) is 12.2. The van der Waals surface area contributed by atoms with Crippen LogP contribution in [0.2, 0.25) is 0 Å². The number of benzene rings is 6. The minimum absolute atomic E-state index is 0.656. The molecule has 0 saturated carbocycles. The van der Waals surface area contributed by atoms with Gasteiger partial charge in [-0.2, -0.15) is 0 Å². The molecule has 0 amide bonds. The first kappa shape index (κ1) is 26.4. The van der Waals surface area contributed by atoms with Crippen molar-refractivity contribution < 1.29 is 0 Å². The summed E-state index contributed by atoms with van der Waals surface area (Å²) in [7, 11) is 0. The quantitative estimate of drug-likeness (QED) is 0.195. The van der Waals surface area contributed by atoms with Gasteiger partial charge in [-0.25, -0.2) is 19.9 Å². The van der Waals surface area contributed by atoms with E-state index in [0.717, 1.165) is 50.2 Å². The lowest BCUT2D eigenvalue weighted by atomic mass is 10.0. The zero-order chi connectivity index (χ0) is 30.5. The third kappa shape index (κ3) is 4.47. The maximum absolute atomic E-state index is 5.10. The van der Waals surface area contributed by atoms with Crippen LogP contribution >= 0.6 is 11.3 Å². The Morgan fingerprint density at radius 1 is 0.457 bits per heavy atom. The third-order valence-corrected chi connectivity index (χ3v) is 9.39. The molecule has 6 aromatic carbocycles. The molecule has 6 heteroatoms. The minimum Gasteiger partial charge on any atom is -0.292 e. The molecule has 0 radical (unpaired) electrons. The third-order valence-electron chi connectivity index (χ3n) is 8.27. The normalized spacial score (nSPS) is 11.5. The molecule has 3 aromatic heterocycles. The summed E-state index contributed by atoms with van der Waals surface area (Å²) in [5.74, 6) is 2.89. The van der Waals surface area contributed by atoms with Crippen molar-refractivity contribution in [2.45, 2.75) is 0 Å². The van der Waals surface area contributed by atoms with E-state index in [0.29, 0.717) is 17.5 Å². The summed E-state index contributed by atoms with van der Waals surface area (Å²) in [5.41, 5.74) is 7.11. The molecule has 3 heterocycles. The van der Waals surface area contributed by atoms with Crippen LogP contribution in [-0.2, 0) is 0 Å². The lowest BCUT2D eigenvalue weighted by Gasteiger charge is -2.10. The number of nitrogens with zero attached hydrogens (tertiary/aromatic N) is 5. The zero-order valence-electron chi connectivity index (χ0n) is 24.6. The standard InChI is InChI=1S/C40H25N5S/c1-4-13-26(14-5-1)37-42-38(27-15-6-2-7-16-27)44-39(43-37)31-19-12-22-34-36(31)30-24-23-28(25-35(30)46-34)40-41-32-20-10-11-21-33(32)45(40)29-17-8-3-9-18-29/h1-25H. The molecule has 216 valence electrons. The maximum atomic E-state index is 5.10. The summed E-state index contributed by atoms with van der Waals surface area (Å²) in [6, 6.07) is 52.0. The van der Waals surface area contributed by atoms with E-state index in [2.05, 4.69) is 83.4 Å². The smallest absolute Gasteiger partial charge is 0.164 e.